The van der Waals surface area contributed by atoms with E-state index in [1.165, 1.54) is 70.6 Å². The fourth-order valence-corrected chi connectivity index (χ4v) is 6.05. The molecule has 1 fully saturated rings. The van der Waals surface area contributed by atoms with Gasteiger partial charge >= 0.3 is 11.9 Å². The number of carbonyl (C=O) groups excluding carboxylic acids is 2. The Kier molecular flexibility index (Phi) is 32.3. The molecular formula is C44H76O10. The van der Waals surface area contributed by atoms with E-state index in [2.05, 4.69) is 62.5 Å². The van der Waals surface area contributed by atoms with Gasteiger partial charge in [0.25, 0.3) is 0 Å². The number of rotatable bonds is 34. The maximum Gasteiger partial charge on any atom is 0.306 e. The van der Waals surface area contributed by atoms with Crippen molar-refractivity contribution in [2.24, 2.45) is 0 Å². The number of unbranched alkanes of at least 4 members (excludes halogenated alkanes) is 15. The third kappa shape index (κ3) is 26.5. The summed E-state index contributed by atoms with van der Waals surface area (Å²) in [5.41, 5.74) is 0. The lowest BCUT2D eigenvalue weighted by atomic mass is 9.99. The topological polar surface area (TPSA) is 152 Å². The van der Waals surface area contributed by atoms with Crippen LogP contribution < -0.4 is 0 Å². The predicted molar refractivity (Wildman–Crippen MR) is 215 cm³/mol. The van der Waals surface area contributed by atoms with Crippen molar-refractivity contribution in [3.05, 3.63) is 48.6 Å². The van der Waals surface area contributed by atoms with Crippen LogP contribution in [0.15, 0.2) is 48.6 Å². The number of ether oxygens (including phenoxy) is 4. The lowest BCUT2D eigenvalue weighted by molar-refractivity contribution is -0.305. The minimum Gasteiger partial charge on any atom is -0.462 e. The van der Waals surface area contributed by atoms with E-state index in [-0.39, 0.29) is 32.0 Å². The van der Waals surface area contributed by atoms with Crippen LogP contribution in [-0.2, 0) is 28.5 Å². The van der Waals surface area contributed by atoms with Gasteiger partial charge in [0.1, 0.15) is 31.0 Å². The zero-order valence-corrected chi connectivity index (χ0v) is 33.7. The molecule has 4 N–H and O–H groups in total. The van der Waals surface area contributed by atoms with E-state index in [0.29, 0.717) is 6.42 Å². The van der Waals surface area contributed by atoms with Gasteiger partial charge in [0.15, 0.2) is 12.4 Å². The summed E-state index contributed by atoms with van der Waals surface area (Å²) in [5, 5.41) is 40.0. The highest BCUT2D eigenvalue weighted by atomic mass is 16.7. The Morgan fingerprint density at radius 1 is 0.574 bits per heavy atom. The molecule has 0 aliphatic carbocycles. The van der Waals surface area contributed by atoms with Crippen LogP contribution in [0.1, 0.15) is 162 Å². The molecule has 0 saturated carbocycles. The molecule has 1 aliphatic rings. The maximum absolute atomic E-state index is 12.7. The Morgan fingerprint density at radius 3 is 1.59 bits per heavy atom. The number of allylic oxidation sites excluding steroid dienone is 8. The zero-order valence-electron chi connectivity index (χ0n) is 33.7. The van der Waals surface area contributed by atoms with Crippen molar-refractivity contribution in [1.82, 2.24) is 0 Å². The number of hydrogen-bond acceptors (Lipinski definition) is 10. The second-order valence-corrected chi connectivity index (χ2v) is 14.4. The summed E-state index contributed by atoms with van der Waals surface area (Å²) in [6, 6.07) is 0. The van der Waals surface area contributed by atoms with Gasteiger partial charge in [-0.3, -0.25) is 9.59 Å². The third-order valence-corrected chi connectivity index (χ3v) is 9.47. The van der Waals surface area contributed by atoms with Crippen molar-refractivity contribution in [1.29, 1.82) is 0 Å². The fourth-order valence-electron chi connectivity index (χ4n) is 6.05. The van der Waals surface area contributed by atoms with E-state index in [1.54, 1.807) is 0 Å². The number of carbonyl (C=O) groups is 2. The first kappa shape index (κ1) is 49.7. The highest BCUT2D eigenvalue weighted by Gasteiger charge is 2.44. The average molecular weight is 765 g/mol. The van der Waals surface area contributed by atoms with Crippen LogP contribution in [0.4, 0.5) is 0 Å². The predicted octanol–water partition coefficient (Wildman–Crippen LogP) is 8.49. The highest BCUT2D eigenvalue weighted by molar-refractivity contribution is 5.70. The molecule has 312 valence electrons. The van der Waals surface area contributed by atoms with Gasteiger partial charge in [0.2, 0.25) is 0 Å². The Balaban J connectivity index is 2.38. The van der Waals surface area contributed by atoms with Crippen LogP contribution in [0.25, 0.3) is 0 Å². The standard InChI is InChI=1S/C44H76O10/c1-3-5-7-9-11-13-15-16-17-18-19-20-21-22-23-25-27-29-31-33-40(47)53-37(36-52-44-43(50)42(49)41(48)38(34-45)54-44)35-51-39(46)32-30-28-26-24-14-12-10-8-6-4-2/h11,13,16-17,19-20,22-23,37-38,41-45,48-50H,3-10,12,14-15,18,21,24-36H2,1-2H3/b13-11+,17-16+,20-19+,23-22+/t37-,38-,41+,42?,43?,44-/m1/s1. The lowest BCUT2D eigenvalue weighted by Crippen LogP contribution is -2.59. The first-order valence-corrected chi connectivity index (χ1v) is 21.2. The molecule has 0 spiro atoms. The van der Waals surface area contributed by atoms with Gasteiger partial charge in [0, 0.05) is 12.8 Å². The summed E-state index contributed by atoms with van der Waals surface area (Å²) in [6.07, 6.45) is 32.6. The summed E-state index contributed by atoms with van der Waals surface area (Å²) >= 11 is 0. The number of esters is 2. The van der Waals surface area contributed by atoms with Crippen molar-refractivity contribution >= 4 is 11.9 Å². The van der Waals surface area contributed by atoms with Gasteiger partial charge in [-0.25, -0.2) is 0 Å². The minimum atomic E-state index is -1.60. The molecule has 0 aromatic rings. The van der Waals surface area contributed by atoms with Crippen LogP contribution in [0.3, 0.4) is 0 Å². The van der Waals surface area contributed by atoms with Crippen molar-refractivity contribution < 1.29 is 49.0 Å². The minimum absolute atomic E-state index is 0.192. The van der Waals surface area contributed by atoms with Crippen LogP contribution >= 0.6 is 0 Å². The van der Waals surface area contributed by atoms with Gasteiger partial charge < -0.3 is 39.4 Å². The average Bonchev–Trinajstić information content (AvgIpc) is 3.17. The molecule has 0 aromatic carbocycles. The van der Waals surface area contributed by atoms with Crippen LogP contribution in [-0.4, -0.2) is 89.0 Å². The molecule has 10 nitrogen and oxygen atoms in total. The quantitative estimate of drug-likeness (QED) is 0.0285. The summed E-state index contributed by atoms with van der Waals surface area (Å²) < 4.78 is 22.1. The normalized spacial score (nSPS) is 21.2. The second kappa shape index (κ2) is 35.1. The number of aliphatic hydroxyl groups excluding tert-OH is 4. The Bertz CT molecular complexity index is 1020. The Hall–Kier alpha value is -2.34. The zero-order chi connectivity index (χ0) is 39.5. The Labute approximate surface area is 327 Å². The van der Waals surface area contributed by atoms with Gasteiger partial charge in [0.05, 0.1) is 13.2 Å². The summed E-state index contributed by atoms with van der Waals surface area (Å²) in [5.74, 6) is -0.846. The molecule has 1 aliphatic heterocycles. The first-order chi connectivity index (χ1) is 26.3. The maximum atomic E-state index is 12.7. The van der Waals surface area contributed by atoms with Crippen molar-refractivity contribution in [2.45, 2.75) is 198 Å². The summed E-state index contributed by atoms with van der Waals surface area (Å²) in [6.45, 7) is 3.33. The third-order valence-electron chi connectivity index (χ3n) is 9.47. The number of aliphatic hydroxyl groups is 4. The van der Waals surface area contributed by atoms with E-state index in [9.17, 15) is 30.0 Å². The molecule has 0 radical (unpaired) electrons. The second-order valence-electron chi connectivity index (χ2n) is 14.4. The van der Waals surface area contributed by atoms with E-state index < -0.39 is 49.4 Å². The van der Waals surface area contributed by atoms with E-state index in [4.69, 9.17) is 18.9 Å². The van der Waals surface area contributed by atoms with Crippen molar-refractivity contribution in [2.75, 3.05) is 19.8 Å². The molecule has 0 bridgehead atoms. The van der Waals surface area contributed by atoms with Crippen LogP contribution in [0.2, 0.25) is 0 Å². The monoisotopic (exact) mass is 765 g/mol. The molecule has 6 atom stereocenters. The molecule has 10 heteroatoms. The van der Waals surface area contributed by atoms with Crippen molar-refractivity contribution in [3.63, 3.8) is 0 Å². The Morgan fingerprint density at radius 2 is 1.04 bits per heavy atom. The molecule has 0 aromatic heterocycles. The van der Waals surface area contributed by atoms with Gasteiger partial charge in [-0.05, 0) is 57.8 Å². The van der Waals surface area contributed by atoms with Crippen LogP contribution in [0, 0.1) is 0 Å². The van der Waals surface area contributed by atoms with E-state index >= 15 is 0 Å². The fraction of sp³-hybridized carbons (Fsp3) is 0.773. The molecule has 1 heterocycles. The molecule has 1 saturated heterocycles. The first-order valence-electron chi connectivity index (χ1n) is 21.2. The SMILES string of the molecule is CCCCC/C=C/C/C=C/C/C=C/C/C=C/CCCCCC(=O)O[C@H](COC(=O)CCCCCCCCCCCC)CO[C@@H]1O[C@H](CO)[C@H](O)C(O)C1O. The van der Waals surface area contributed by atoms with Crippen molar-refractivity contribution in [3.8, 4) is 0 Å². The molecule has 0 amide bonds. The highest BCUT2D eigenvalue weighted by Crippen LogP contribution is 2.22. The lowest BCUT2D eigenvalue weighted by Gasteiger charge is -2.39. The van der Waals surface area contributed by atoms with Gasteiger partial charge in [-0.2, -0.15) is 0 Å². The summed E-state index contributed by atoms with van der Waals surface area (Å²) in [7, 11) is 0. The molecule has 1 rings (SSSR count). The number of hydrogen-bond donors (Lipinski definition) is 4. The van der Waals surface area contributed by atoms with Crippen LogP contribution in [0.5, 0.6) is 0 Å². The van der Waals surface area contributed by atoms with E-state index in [0.717, 1.165) is 57.8 Å². The molecule has 2 unspecified atom stereocenters. The van der Waals surface area contributed by atoms with Gasteiger partial charge in [-0.15, -0.1) is 0 Å². The van der Waals surface area contributed by atoms with Gasteiger partial charge in [-0.1, -0.05) is 140 Å². The molecule has 54 heavy (non-hydrogen) atoms. The summed E-state index contributed by atoms with van der Waals surface area (Å²) in [4.78, 5) is 25.2. The molecular weight excluding hydrogens is 688 g/mol. The smallest absolute Gasteiger partial charge is 0.306 e. The largest absolute Gasteiger partial charge is 0.462 e. The van der Waals surface area contributed by atoms with E-state index in [1.807, 2.05) is 0 Å².